The molecule has 0 bridgehead atoms. The molecule has 20 heavy (non-hydrogen) atoms. The molecule has 1 atom stereocenters. The first kappa shape index (κ1) is 14.6. The molecule has 110 valence electrons. The van der Waals surface area contributed by atoms with Crippen molar-refractivity contribution >= 4 is 6.09 Å². The number of carbonyl (C=O) groups is 1. The lowest BCUT2D eigenvalue weighted by Crippen LogP contribution is -2.39. The van der Waals surface area contributed by atoms with Gasteiger partial charge in [-0.3, -0.25) is 4.79 Å². The molecule has 1 N–H and O–H groups in total. The zero-order valence-corrected chi connectivity index (χ0v) is 12.5. The molecular weight excluding hydrogens is 256 g/mol. The van der Waals surface area contributed by atoms with Gasteiger partial charge in [0.05, 0.1) is 0 Å². The van der Waals surface area contributed by atoms with Crippen molar-refractivity contribution in [1.29, 1.82) is 0 Å². The molecule has 5 nitrogen and oxygen atoms in total. The number of pyridine rings is 1. The molecule has 1 aromatic rings. The van der Waals surface area contributed by atoms with Gasteiger partial charge in [-0.05, 0) is 52.2 Å². The molecule has 0 fully saturated rings. The molecule has 1 aromatic heterocycles. The van der Waals surface area contributed by atoms with Crippen molar-refractivity contribution in [3.05, 3.63) is 33.7 Å². The van der Waals surface area contributed by atoms with Crippen LogP contribution >= 0.6 is 0 Å². The van der Waals surface area contributed by atoms with Crippen LogP contribution in [0.4, 0.5) is 4.79 Å². The van der Waals surface area contributed by atoms with E-state index in [-0.39, 0.29) is 11.6 Å². The van der Waals surface area contributed by atoms with Crippen LogP contribution in [0.25, 0.3) is 0 Å². The quantitative estimate of drug-likeness (QED) is 0.898. The largest absolute Gasteiger partial charge is 0.444 e. The van der Waals surface area contributed by atoms with Crippen LogP contribution in [0.5, 0.6) is 0 Å². The fourth-order valence-electron chi connectivity index (χ4n) is 2.48. The topological polar surface area (TPSA) is 60.3 Å². The van der Waals surface area contributed by atoms with Crippen molar-refractivity contribution in [2.45, 2.75) is 58.7 Å². The number of nitrogens with one attached hydrogen (secondary N) is 1. The van der Waals surface area contributed by atoms with Crippen LogP contribution in [0.1, 0.15) is 38.8 Å². The fourth-order valence-corrected chi connectivity index (χ4v) is 2.48. The van der Waals surface area contributed by atoms with Gasteiger partial charge in [-0.2, -0.15) is 0 Å². The predicted octanol–water partition coefficient (Wildman–Crippen LogP) is 1.86. The Morgan fingerprint density at radius 2 is 2.15 bits per heavy atom. The summed E-state index contributed by atoms with van der Waals surface area (Å²) in [6, 6.07) is 1.91. The van der Waals surface area contributed by atoms with Gasteiger partial charge in [0.1, 0.15) is 5.60 Å². The number of aryl methyl sites for hydroxylation is 1. The number of aromatic nitrogens is 1. The lowest BCUT2D eigenvalue weighted by Gasteiger charge is -2.21. The van der Waals surface area contributed by atoms with Gasteiger partial charge in [-0.25, -0.2) is 4.79 Å². The second-order valence-electron chi connectivity index (χ2n) is 6.16. The van der Waals surface area contributed by atoms with Gasteiger partial charge in [0.25, 0.3) is 5.56 Å². The molecule has 1 aliphatic carbocycles. The van der Waals surface area contributed by atoms with Gasteiger partial charge >= 0.3 is 6.09 Å². The summed E-state index contributed by atoms with van der Waals surface area (Å²) in [5.74, 6) is 0. The molecule has 0 saturated heterocycles. The second kappa shape index (κ2) is 5.31. The Morgan fingerprint density at radius 1 is 1.45 bits per heavy atom. The molecular formula is C15H22N2O3. The summed E-state index contributed by atoms with van der Waals surface area (Å²) >= 11 is 0. The summed E-state index contributed by atoms with van der Waals surface area (Å²) in [7, 11) is 0. The molecule has 2 rings (SSSR count). The molecule has 5 heteroatoms. The monoisotopic (exact) mass is 278 g/mol. The maximum absolute atomic E-state index is 12.2. The summed E-state index contributed by atoms with van der Waals surface area (Å²) in [6.45, 7) is 8.09. The number of hydrogen-bond donors (Lipinski definition) is 1. The van der Waals surface area contributed by atoms with Crippen LogP contribution in [0.3, 0.4) is 0 Å². The Bertz CT molecular complexity index is 569. The van der Waals surface area contributed by atoms with E-state index in [9.17, 15) is 9.59 Å². The Balaban J connectivity index is 2.05. The average molecular weight is 278 g/mol. The highest BCUT2D eigenvalue weighted by Crippen LogP contribution is 2.19. The minimum absolute atomic E-state index is 0.0542. The average Bonchev–Trinajstić information content (AvgIpc) is 2.70. The molecule has 1 heterocycles. The Morgan fingerprint density at radius 3 is 2.75 bits per heavy atom. The van der Waals surface area contributed by atoms with Crippen molar-refractivity contribution in [2.24, 2.45) is 0 Å². The second-order valence-corrected chi connectivity index (χ2v) is 6.16. The summed E-state index contributed by atoms with van der Waals surface area (Å²) in [5.41, 5.74) is 1.39. The number of fused-ring (bicyclic) bond motifs is 1. The van der Waals surface area contributed by atoms with Crippen LogP contribution in [0.2, 0.25) is 0 Å². The molecule has 0 saturated carbocycles. The van der Waals surface area contributed by atoms with Crippen molar-refractivity contribution in [3.63, 3.8) is 0 Å². The highest BCUT2D eigenvalue weighted by Gasteiger charge is 2.27. The summed E-state index contributed by atoms with van der Waals surface area (Å²) in [6.07, 6.45) is 2.66. The first-order valence-electron chi connectivity index (χ1n) is 7.01. The van der Waals surface area contributed by atoms with E-state index in [1.54, 1.807) is 4.57 Å². The van der Waals surface area contributed by atoms with E-state index in [0.717, 1.165) is 11.1 Å². The van der Waals surface area contributed by atoms with Gasteiger partial charge in [0, 0.05) is 24.3 Å². The SMILES string of the molecule is CCn1ccc2c(c1=O)CC(NC(=O)OC(C)(C)C)C2. The molecule has 0 radical (unpaired) electrons. The van der Waals surface area contributed by atoms with E-state index in [4.69, 9.17) is 4.74 Å². The van der Waals surface area contributed by atoms with Gasteiger partial charge < -0.3 is 14.6 Å². The lowest BCUT2D eigenvalue weighted by atomic mass is 10.2. The highest BCUT2D eigenvalue weighted by atomic mass is 16.6. The number of nitrogens with zero attached hydrogens (tertiary/aromatic N) is 1. The van der Waals surface area contributed by atoms with E-state index < -0.39 is 11.7 Å². The smallest absolute Gasteiger partial charge is 0.407 e. The van der Waals surface area contributed by atoms with E-state index in [2.05, 4.69) is 5.32 Å². The van der Waals surface area contributed by atoms with E-state index in [1.807, 2.05) is 40.0 Å². The minimum Gasteiger partial charge on any atom is -0.444 e. The van der Waals surface area contributed by atoms with Crippen molar-refractivity contribution in [2.75, 3.05) is 0 Å². The van der Waals surface area contributed by atoms with E-state index >= 15 is 0 Å². The Kier molecular flexibility index (Phi) is 3.88. The number of amides is 1. The zero-order valence-electron chi connectivity index (χ0n) is 12.5. The summed E-state index contributed by atoms with van der Waals surface area (Å²) in [5, 5.41) is 2.84. The molecule has 0 aromatic carbocycles. The van der Waals surface area contributed by atoms with Crippen LogP contribution in [0, 0.1) is 0 Å². The zero-order chi connectivity index (χ0) is 14.9. The molecule has 1 amide bonds. The van der Waals surface area contributed by atoms with Crippen LogP contribution in [0.15, 0.2) is 17.1 Å². The highest BCUT2D eigenvalue weighted by molar-refractivity contribution is 5.68. The van der Waals surface area contributed by atoms with E-state index in [0.29, 0.717) is 19.4 Å². The Labute approximate surface area is 118 Å². The van der Waals surface area contributed by atoms with Gasteiger partial charge in [0.15, 0.2) is 0 Å². The van der Waals surface area contributed by atoms with Crippen molar-refractivity contribution in [1.82, 2.24) is 9.88 Å². The fraction of sp³-hybridized carbons (Fsp3) is 0.600. The van der Waals surface area contributed by atoms with Crippen LogP contribution < -0.4 is 10.9 Å². The third kappa shape index (κ3) is 3.21. The van der Waals surface area contributed by atoms with Crippen LogP contribution in [-0.4, -0.2) is 22.3 Å². The van der Waals surface area contributed by atoms with Crippen molar-refractivity contribution < 1.29 is 9.53 Å². The Hall–Kier alpha value is -1.78. The van der Waals surface area contributed by atoms with Crippen LogP contribution in [-0.2, 0) is 24.1 Å². The first-order chi connectivity index (χ1) is 9.30. The minimum atomic E-state index is -0.509. The normalized spacial score (nSPS) is 17.7. The number of ether oxygens (including phenoxy) is 1. The molecule has 1 unspecified atom stereocenters. The standard InChI is InChI=1S/C15H22N2O3/c1-5-17-7-6-10-8-11(9-12(10)13(17)18)16-14(19)20-15(2,3)4/h6-7,11H,5,8-9H2,1-4H3,(H,16,19). The van der Waals surface area contributed by atoms with Gasteiger partial charge in [-0.15, -0.1) is 0 Å². The first-order valence-corrected chi connectivity index (χ1v) is 7.01. The lowest BCUT2D eigenvalue weighted by molar-refractivity contribution is 0.0506. The predicted molar refractivity (Wildman–Crippen MR) is 76.9 cm³/mol. The van der Waals surface area contributed by atoms with Crippen molar-refractivity contribution in [3.8, 4) is 0 Å². The maximum Gasteiger partial charge on any atom is 0.407 e. The third-order valence-electron chi connectivity index (χ3n) is 3.34. The molecule has 0 aliphatic heterocycles. The summed E-state index contributed by atoms with van der Waals surface area (Å²) in [4.78, 5) is 23.9. The summed E-state index contributed by atoms with van der Waals surface area (Å²) < 4.78 is 6.93. The number of hydrogen-bond acceptors (Lipinski definition) is 3. The number of rotatable bonds is 2. The third-order valence-corrected chi connectivity index (χ3v) is 3.34. The molecule has 0 spiro atoms. The van der Waals surface area contributed by atoms with Gasteiger partial charge in [0.2, 0.25) is 0 Å². The maximum atomic E-state index is 12.2. The van der Waals surface area contributed by atoms with E-state index in [1.165, 1.54) is 0 Å². The molecule has 1 aliphatic rings. The number of alkyl carbamates (subject to hydrolysis) is 1. The van der Waals surface area contributed by atoms with Gasteiger partial charge in [-0.1, -0.05) is 0 Å². The number of carbonyl (C=O) groups excluding carboxylic acids is 1.